The molecule has 0 radical (unpaired) electrons. The summed E-state index contributed by atoms with van der Waals surface area (Å²) < 4.78 is 24.2. The van der Waals surface area contributed by atoms with Gasteiger partial charge in [0.05, 0.1) is 36.8 Å². The second kappa shape index (κ2) is 8.86. The van der Waals surface area contributed by atoms with Gasteiger partial charge in [0.1, 0.15) is 24.5 Å². The van der Waals surface area contributed by atoms with Crippen molar-refractivity contribution >= 4 is 52.9 Å². The summed E-state index contributed by atoms with van der Waals surface area (Å²) in [5, 5.41) is 7.55. The van der Waals surface area contributed by atoms with Crippen molar-refractivity contribution in [1.29, 1.82) is 0 Å². The van der Waals surface area contributed by atoms with E-state index >= 15 is 0 Å². The molecule has 1 atom stereocenters. The van der Waals surface area contributed by atoms with Crippen LogP contribution < -0.4 is 25.6 Å². The van der Waals surface area contributed by atoms with Crippen LogP contribution in [0.1, 0.15) is 0 Å². The van der Waals surface area contributed by atoms with Crippen LogP contribution in [0.4, 0.5) is 28.8 Å². The number of nitrogens with zero attached hydrogens (tertiary/aromatic N) is 3. The highest BCUT2D eigenvalue weighted by Gasteiger charge is 2.30. The first-order valence-corrected chi connectivity index (χ1v) is 13.7. The zero-order valence-corrected chi connectivity index (χ0v) is 20.1. The van der Waals surface area contributed by atoms with Crippen LogP contribution in [0, 0.1) is 0 Å². The van der Waals surface area contributed by atoms with Crippen LogP contribution in [0.2, 0.25) is 5.02 Å². The van der Waals surface area contributed by atoms with Gasteiger partial charge in [-0.1, -0.05) is 23.7 Å². The quantitative estimate of drug-likeness (QED) is 0.512. The number of aromatic nitrogens is 2. The lowest BCUT2D eigenvalue weighted by atomic mass is 10.1. The van der Waals surface area contributed by atoms with Gasteiger partial charge in [-0.05, 0) is 37.6 Å². The second-order valence-corrected chi connectivity index (χ2v) is 12.0. The summed E-state index contributed by atoms with van der Waals surface area (Å²) in [7, 11) is -2.49. The molecule has 0 unspecified atom stereocenters. The molecule has 0 spiro atoms. The smallest absolute Gasteiger partial charge is 0.229 e. The predicted octanol–water partition coefficient (Wildman–Crippen LogP) is 4.46. The molecule has 172 valence electrons. The monoisotopic (exact) mass is 485 g/mol. The first kappa shape index (κ1) is 22.0. The molecular weight excluding hydrogens is 461 g/mol. The summed E-state index contributed by atoms with van der Waals surface area (Å²) in [5.74, 6) is 1.64. The number of fused-ring (bicyclic) bond motifs is 3. The number of halogens is 1. The fourth-order valence-electron chi connectivity index (χ4n) is 4.06. The fraction of sp³-hybridized carbons (Fsp3) is 0.304. The molecule has 2 aliphatic heterocycles. The molecule has 2 aliphatic rings. The van der Waals surface area contributed by atoms with E-state index in [2.05, 4.69) is 25.5 Å². The second-order valence-electron chi connectivity index (χ2n) is 8.42. The topological polar surface area (TPSA) is 88.6 Å². The Morgan fingerprint density at radius 2 is 2.00 bits per heavy atom. The zero-order chi connectivity index (χ0) is 23.0. The van der Waals surface area contributed by atoms with Crippen LogP contribution in [0.5, 0.6) is 5.75 Å². The number of anilines is 5. The molecule has 3 heterocycles. The Balaban J connectivity index is 1.38. The van der Waals surface area contributed by atoms with E-state index in [1.54, 1.807) is 13.3 Å². The van der Waals surface area contributed by atoms with Gasteiger partial charge in [0.2, 0.25) is 5.95 Å². The molecule has 8 nitrogen and oxygen atoms in total. The van der Waals surface area contributed by atoms with Crippen LogP contribution in [0.25, 0.3) is 0 Å². The van der Waals surface area contributed by atoms with Gasteiger partial charge in [-0.15, -0.1) is 0 Å². The Kier molecular flexibility index (Phi) is 5.91. The molecule has 1 saturated heterocycles. The van der Waals surface area contributed by atoms with Crippen molar-refractivity contribution in [2.24, 2.45) is 0 Å². The van der Waals surface area contributed by atoms with E-state index in [-0.39, 0.29) is 6.04 Å². The van der Waals surface area contributed by atoms with Crippen molar-refractivity contribution in [2.75, 3.05) is 55.2 Å². The van der Waals surface area contributed by atoms with E-state index in [1.807, 2.05) is 42.5 Å². The summed E-state index contributed by atoms with van der Waals surface area (Å²) in [6.45, 7) is 6.33. The highest BCUT2D eigenvalue weighted by Crippen LogP contribution is 2.39. The van der Waals surface area contributed by atoms with Crippen molar-refractivity contribution in [3.63, 3.8) is 0 Å². The van der Waals surface area contributed by atoms with Gasteiger partial charge in [0.15, 0.2) is 5.82 Å². The van der Waals surface area contributed by atoms with Crippen molar-refractivity contribution < 1.29 is 14.0 Å². The van der Waals surface area contributed by atoms with Crippen molar-refractivity contribution in [1.82, 2.24) is 9.97 Å². The Bertz CT molecular complexity index is 1230. The van der Waals surface area contributed by atoms with Crippen LogP contribution in [-0.2, 0) is 9.30 Å². The molecule has 2 N–H and O–H groups in total. The minimum atomic E-state index is -2.49. The number of nitrogens with one attached hydrogen (secondary N) is 2. The summed E-state index contributed by atoms with van der Waals surface area (Å²) in [5.41, 5.74) is 2.58. The molecule has 1 aromatic heterocycles. The van der Waals surface area contributed by atoms with Crippen LogP contribution >= 0.6 is 18.7 Å². The maximum absolute atomic E-state index is 12.7. The van der Waals surface area contributed by atoms with Crippen molar-refractivity contribution in [2.45, 2.75) is 6.04 Å². The van der Waals surface area contributed by atoms with Gasteiger partial charge in [-0.2, -0.15) is 4.98 Å². The third-order valence-corrected chi connectivity index (χ3v) is 7.49. The summed E-state index contributed by atoms with van der Waals surface area (Å²) >= 11 is 6.36. The third kappa shape index (κ3) is 4.64. The first-order valence-electron chi connectivity index (χ1n) is 10.7. The molecule has 0 bridgehead atoms. The summed E-state index contributed by atoms with van der Waals surface area (Å²) in [6.07, 6.45) is 1.53. The number of para-hydroxylation sites is 1. The van der Waals surface area contributed by atoms with E-state index in [0.29, 0.717) is 35.7 Å². The molecule has 0 aliphatic carbocycles. The number of ether oxygens (including phenoxy) is 2. The van der Waals surface area contributed by atoms with Gasteiger partial charge in [-0.25, -0.2) is 4.98 Å². The van der Waals surface area contributed by atoms with Gasteiger partial charge in [0.25, 0.3) is 0 Å². The summed E-state index contributed by atoms with van der Waals surface area (Å²) in [6, 6.07) is 13.7. The Morgan fingerprint density at radius 1 is 1.15 bits per heavy atom. The molecule has 10 heteroatoms. The zero-order valence-electron chi connectivity index (χ0n) is 18.4. The number of benzene rings is 2. The number of morpholine rings is 1. The minimum absolute atomic E-state index is 0.253. The van der Waals surface area contributed by atoms with Crippen molar-refractivity contribution in [3.8, 4) is 5.75 Å². The van der Waals surface area contributed by atoms with E-state index < -0.39 is 7.14 Å². The third-order valence-electron chi connectivity index (χ3n) is 5.67. The van der Waals surface area contributed by atoms with Gasteiger partial charge >= 0.3 is 0 Å². The molecule has 0 amide bonds. The lowest BCUT2D eigenvalue weighted by molar-refractivity contribution is 0.0705. The van der Waals surface area contributed by atoms with E-state index in [9.17, 15) is 4.57 Å². The maximum atomic E-state index is 12.7. The molecular formula is C23H25ClN5O3P. The standard InChI is InChI=1S/C23H25ClN5O3P/c1-33(2,30)21-6-4-3-5-18(21)27-22-17(24)12-25-23(28-22)26-15-7-8-19-20(11-15)32-14-16-13-31-10-9-29(16)19/h3-8,11-12,16H,9-10,13-14H2,1-2H3,(H2,25,26,27,28)/t16-/m1/s1. The maximum Gasteiger partial charge on any atom is 0.229 e. The van der Waals surface area contributed by atoms with Gasteiger partial charge in [-0.3, -0.25) is 0 Å². The SMILES string of the molecule is CP(C)(=O)c1ccccc1Nc1nc(Nc2ccc3c(c2)OC[C@H]2COCCN32)ncc1Cl. The highest BCUT2D eigenvalue weighted by atomic mass is 35.5. The number of hydrogen-bond donors (Lipinski definition) is 2. The molecule has 33 heavy (non-hydrogen) atoms. The van der Waals surface area contributed by atoms with Crippen LogP contribution in [0.3, 0.4) is 0 Å². The van der Waals surface area contributed by atoms with E-state index in [0.717, 1.165) is 35.6 Å². The normalized spacial score (nSPS) is 17.5. The molecule has 0 saturated carbocycles. The lowest BCUT2D eigenvalue weighted by Crippen LogP contribution is -2.51. The average molecular weight is 486 g/mol. The molecule has 1 fully saturated rings. The first-order chi connectivity index (χ1) is 15.9. The Morgan fingerprint density at radius 3 is 2.85 bits per heavy atom. The van der Waals surface area contributed by atoms with E-state index in [1.165, 1.54) is 6.20 Å². The Hall–Kier alpha value is -2.80. The van der Waals surface area contributed by atoms with E-state index in [4.69, 9.17) is 21.1 Å². The molecule has 5 rings (SSSR count). The Labute approximate surface area is 197 Å². The average Bonchev–Trinajstić information content (AvgIpc) is 2.81. The molecule has 2 aromatic carbocycles. The number of rotatable bonds is 5. The van der Waals surface area contributed by atoms with Gasteiger partial charge < -0.3 is 29.6 Å². The summed E-state index contributed by atoms with van der Waals surface area (Å²) in [4.78, 5) is 11.2. The predicted molar refractivity (Wildman–Crippen MR) is 133 cm³/mol. The number of hydrogen-bond acceptors (Lipinski definition) is 8. The van der Waals surface area contributed by atoms with Gasteiger partial charge in [0, 0.05) is 23.6 Å². The largest absolute Gasteiger partial charge is 0.489 e. The minimum Gasteiger partial charge on any atom is -0.489 e. The van der Waals surface area contributed by atoms with Crippen LogP contribution in [-0.4, -0.2) is 55.7 Å². The molecule has 3 aromatic rings. The van der Waals surface area contributed by atoms with Crippen molar-refractivity contribution in [3.05, 3.63) is 53.7 Å². The highest BCUT2D eigenvalue weighted by molar-refractivity contribution is 7.70. The lowest BCUT2D eigenvalue weighted by Gasteiger charge is -2.41. The van der Waals surface area contributed by atoms with Crippen LogP contribution in [0.15, 0.2) is 48.7 Å². The fourth-order valence-corrected chi connectivity index (χ4v) is 5.36.